The highest BCUT2D eigenvalue weighted by Gasteiger charge is 2.31. The fourth-order valence-corrected chi connectivity index (χ4v) is 4.21. The van der Waals surface area contributed by atoms with Crippen LogP contribution >= 0.6 is 0 Å². The van der Waals surface area contributed by atoms with Gasteiger partial charge in [-0.05, 0) is 72.1 Å². The number of aromatic nitrogens is 1. The molecule has 0 aliphatic carbocycles. The molecular formula is C27H25N3O2. The Morgan fingerprint density at radius 2 is 1.50 bits per heavy atom. The van der Waals surface area contributed by atoms with Crippen molar-refractivity contribution in [1.29, 1.82) is 0 Å². The summed E-state index contributed by atoms with van der Waals surface area (Å²) in [6, 6.07) is 26.7. The first-order chi connectivity index (χ1) is 15.7. The quantitative estimate of drug-likeness (QED) is 0.400. The highest BCUT2D eigenvalue weighted by atomic mass is 16.5. The Bertz CT molecular complexity index is 1280. The van der Waals surface area contributed by atoms with Crippen LogP contribution in [0.1, 0.15) is 29.2 Å². The fourth-order valence-electron chi connectivity index (χ4n) is 4.21. The third kappa shape index (κ3) is 3.66. The lowest BCUT2D eigenvalue weighted by molar-refractivity contribution is 0.414. The van der Waals surface area contributed by atoms with Crippen molar-refractivity contribution in [1.82, 2.24) is 4.98 Å². The second-order valence-electron chi connectivity index (χ2n) is 7.93. The number of aryl methyl sites for hydroxylation is 1. The number of benzene rings is 3. The number of pyridine rings is 1. The van der Waals surface area contributed by atoms with E-state index in [0.29, 0.717) is 0 Å². The van der Waals surface area contributed by atoms with Gasteiger partial charge in [-0.3, -0.25) is 0 Å². The van der Waals surface area contributed by atoms with Gasteiger partial charge in [-0.1, -0.05) is 30.3 Å². The predicted octanol–water partition coefficient (Wildman–Crippen LogP) is 5.92. The summed E-state index contributed by atoms with van der Waals surface area (Å²) in [6.45, 7) is 2.13. The van der Waals surface area contributed by atoms with Gasteiger partial charge in [0.2, 0.25) is 0 Å². The monoisotopic (exact) mass is 423 g/mol. The second-order valence-corrected chi connectivity index (χ2v) is 7.93. The fraction of sp³-hybridized carbons (Fsp3) is 0.185. The summed E-state index contributed by atoms with van der Waals surface area (Å²) in [4.78, 5) is 4.96. The van der Waals surface area contributed by atoms with Crippen LogP contribution in [0.4, 0.5) is 5.82 Å². The third-order valence-electron chi connectivity index (χ3n) is 5.98. The highest BCUT2D eigenvalue weighted by Crippen LogP contribution is 2.37. The Labute approximate surface area is 187 Å². The lowest BCUT2D eigenvalue weighted by atomic mass is 9.98. The summed E-state index contributed by atoms with van der Waals surface area (Å²) in [5.41, 5.74) is 5.45. The van der Waals surface area contributed by atoms with Gasteiger partial charge in [0.05, 0.1) is 31.5 Å². The predicted molar refractivity (Wildman–Crippen MR) is 129 cm³/mol. The molecule has 32 heavy (non-hydrogen) atoms. The van der Waals surface area contributed by atoms with E-state index in [-0.39, 0.29) is 6.04 Å². The van der Waals surface area contributed by atoms with Crippen molar-refractivity contribution in [3.63, 3.8) is 0 Å². The zero-order valence-corrected chi connectivity index (χ0v) is 18.4. The SMILES string of the molecule is COc1ccc(C2=NN(c3cc(C)c4ccccc4n3)C(c3ccc(OC)cc3)C2)cc1. The van der Waals surface area contributed by atoms with Crippen LogP contribution in [0.3, 0.4) is 0 Å². The number of hydrazone groups is 1. The van der Waals surface area contributed by atoms with Crippen LogP contribution < -0.4 is 14.5 Å². The summed E-state index contributed by atoms with van der Waals surface area (Å²) >= 11 is 0. The van der Waals surface area contributed by atoms with Crippen molar-refractivity contribution < 1.29 is 9.47 Å². The van der Waals surface area contributed by atoms with E-state index in [4.69, 9.17) is 19.6 Å². The average Bonchev–Trinajstić information content (AvgIpc) is 3.30. The number of ether oxygens (including phenoxy) is 2. The molecule has 160 valence electrons. The largest absolute Gasteiger partial charge is 0.497 e. The van der Waals surface area contributed by atoms with Crippen LogP contribution in [0.15, 0.2) is 84.0 Å². The van der Waals surface area contributed by atoms with Crippen molar-refractivity contribution in [3.8, 4) is 11.5 Å². The van der Waals surface area contributed by atoms with Gasteiger partial charge in [0.25, 0.3) is 0 Å². The first-order valence-electron chi connectivity index (χ1n) is 10.7. The number of methoxy groups -OCH3 is 2. The van der Waals surface area contributed by atoms with Gasteiger partial charge < -0.3 is 9.47 Å². The highest BCUT2D eigenvalue weighted by molar-refractivity contribution is 6.03. The molecule has 0 spiro atoms. The van der Waals surface area contributed by atoms with Gasteiger partial charge >= 0.3 is 0 Å². The topological polar surface area (TPSA) is 47.0 Å². The molecule has 0 radical (unpaired) electrons. The van der Waals surface area contributed by atoms with Gasteiger partial charge in [-0.15, -0.1) is 0 Å². The molecule has 2 heterocycles. The van der Waals surface area contributed by atoms with E-state index in [0.717, 1.165) is 45.9 Å². The number of nitrogens with zero attached hydrogens (tertiary/aromatic N) is 3. The Morgan fingerprint density at radius 1 is 0.844 bits per heavy atom. The van der Waals surface area contributed by atoms with Crippen molar-refractivity contribution in [2.75, 3.05) is 19.2 Å². The Balaban J connectivity index is 1.59. The van der Waals surface area contributed by atoms with Crippen molar-refractivity contribution >= 4 is 22.4 Å². The molecule has 1 unspecified atom stereocenters. The van der Waals surface area contributed by atoms with Gasteiger partial charge in [0.1, 0.15) is 17.3 Å². The molecule has 3 aromatic carbocycles. The minimum Gasteiger partial charge on any atom is -0.497 e. The molecule has 4 aromatic rings. The molecule has 0 amide bonds. The summed E-state index contributed by atoms with van der Waals surface area (Å²) in [5.74, 6) is 2.53. The van der Waals surface area contributed by atoms with Gasteiger partial charge in [0.15, 0.2) is 0 Å². The van der Waals surface area contributed by atoms with E-state index in [1.165, 1.54) is 11.1 Å². The van der Waals surface area contributed by atoms with Crippen molar-refractivity contribution in [3.05, 3.63) is 95.6 Å². The van der Waals surface area contributed by atoms with Crippen LogP contribution in [-0.2, 0) is 0 Å². The first-order valence-corrected chi connectivity index (χ1v) is 10.7. The first kappa shape index (κ1) is 20.1. The zero-order valence-electron chi connectivity index (χ0n) is 18.4. The number of para-hydroxylation sites is 1. The van der Waals surface area contributed by atoms with E-state index in [1.807, 2.05) is 36.4 Å². The maximum atomic E-state index is 5.35. The van der Waals surface area contributed by atoms with Crippen LogP contribution in [0, 0.1) is 6.92 Å². The number of hydrogen-bond acceptors (Lipinski definition) is 5. The van der Waals surface area contributed by atoms with Gasteiger partial charge in [-0.2, -0.15) is 5.10 Å². The number of fused-ring (bicyclic) bond motifs is 1. The molecule has 1 aliphatic heterocycles. The molecule has 5 heteroatoms. The van der Waals surface area contributed by atoms with E-state index in [1.54, 1.807) is 14.2 Å². The van der Waals surface area contributed by atoms with Crippen LogP contribution in [-0.4, -0.2) is 24.9 Å². The minimum absolute atomic E-state index is 0.0473. The summed E-state index contributed by atoms with van der Waals surface area (Å²) in [6.07, 6.45) is 0.784. The van der Waals surface area contributed by atoms with Crippen LogP contribution in [0.5, 0.6) is 11.5 Å². The normalized spacial score (nSPS) is 15.7. The second kappa shape index (κ2) is 8.35. The molecule has 5 rings (SSSR count). The molecule has 0 N–H and O–H groups in total. The Kier molecular flexibility index (Phi) is 5.23. The number of rotatable bonds is 5. The van der Waals surface area contributed by atoms with E-state index in [9.17, 15) is 0 Å². The summed E-state index contributed by atoms with van der Waals surface area (Å²) in [7, 11) is 3.36. The van der Waals surface area contributed by atoms with E-state index < -0.39 is 0 Å². The maximum Gasteiger partial charge on any atom is 0.150 e. The molecular weight excluding hydrogens is 398 g/mol. The Morgan fingerprint density at radius 3 is 2.19 bits per heavy atom. The summed E-state index contributed by atoms with van der Waals surface area (Å²) in [5, 5.41) is 8.27. The third-order valence-corrected chi connectivity index (χ3v) is 5.98. The molecule has 1 aliphatic rings. The molecule has 5 nitrogen and oxygen atoms in total. The zero-order chi connectivity index (χ0) is 22.1. The minimum atomic E-state index is 0.0473. The average molecular weight is 424 g/mol. The molecule has 0 fully saturated rings. The number of hydrogen-bond donors (Lipinski definition) is 0. The van der Waals surface area contributed by atoms with Crippen molar-refractivity contribution in [2.24, 2.45) is 5.10 Å². The summed E-state index contributed by atoms with van der Waals surface area (Å²) < 4.78 is 10.7. The van der Waals surface area contributed by atoms with E-state index >= 15 is 0 Å². The molecule has 0 saturated heterocycles. The molecule has 1 aromatic heterocycles. The molecule has 0 saturated carbocycles. The standard InChI is InChI=1S/C27H25N3O2/c1-18-16-27(28-24-7-5-4-6-23(18)24)30-26(20-10-14-22(32-3)15-11-20)17-25(29-30)19-8-12-21(31-2)13-9-19/h4-16,26H,17H2,1-3H3. The molecule has 0 bridgehead atoms. The smallest absolute Gasteiger partial charge is 0.150 e. The van der Waals surface area contributed by atoms with Crippen molar-refractivity contribution in [2.45, 2.75) is 19.4 Å². The lowest BCUT2D eigenvalue weighted by Gasteiger charge is -2.24. The number of anilines is 1. The van der Waals surface area contributed by atoms with Gasteiger partial charge in [0, 0.05) is 11.8 Å². The lowest BCUT2D eigenvalue weighted by Crippen LogP contribution is -2.19. The van der Waals surface area contributed by atoms with Gasteiger partial charge in [-0.25, -0.2) is 9.99 Å². The maximum absolute atomic E-state index is 5.35. The van der Waals surface area contributed by atoms with Crippen LogP contribution in [0.25, 0.3) is 10.9 Å². The Hall–Kier alpha value is -3.86. The van der Waals surface area contributed by atoms with E-state index in [2.05, 4.69) is 54.4 Å². The molecule has 1 atom stereocenters. The van der Waals surface area contributed by atoms with Crippen LogP contribution in [0.2, 0.25) is 0 Å².